The molecule has 4 rings (SSSR count). The van der Waals surface area contributed by atoms with E-state index < -0.39 is 11.9 Å². The number of rotatable bonds is 7. The quantitative estimate of drug-likeness (QED) is 0.154. The number of halogens is 2. The lowest BCUT2D eigenvalue weighted by Gasteiger charge is -2.09. The number of amides is 1. The number of hydrogen-bond donors (Lipinski definition) is 2. The highest BCUT2D eigenvalue weighted by atomic mass is 127. The fraction of sp³-hybridized carbons (Fsp3) is 0.0417. The Morgan fingerprint density at radius 2 is 1.94 bits per heavy atom. The van der Waals surface area contributed by atoms with Crippen molar-refractivity contribution < 1.29 is 23.8 Å². The molecule has 0 bridgehead atoms. The summed E-state index contributed by atoms with van der Waals surface area (Å²) in [5, 5.41) is 14.0. The molecule has 0 spiro atoms. The van der Waals surface area contributed by atoms with E-state index in [2.05, 4.69) is 49.0 Å². The average Bonchev–Trinajstić information content (AvgIpc) is 3.23. The van der Waals surface area contributed by atoms with E-state index in [4.69, 9.17) is 14.3 Å². The Bertz CT molecular complexity index is 1380. The summed E-state index contributed by atoms with van der Waals surface area (Å²) in [4.78, 5) is 23.6. The van der Waals surface area contributed by atoms with Crippen LogP contribution in [-0.4, -0.2) is 23.2 Å². The van der Waals surface area contributed by atoms with Crippen molar-refractivity contribution >= 4 is 67.6 Å². The molecule has 0 fully saturated rings. The zero-order valence-corrected chi connectivity index (χ0v) is 20.7. The second-order valence-electron chi connectivity index (χ2n) is 6.95. The maximum atomic E-state index is 12.5. The molecule has 0 aliphatic rings. The van der Waals surface area contributed by atoms with Crippen LogP contribution in [-0.2, 0) is 6.61 Å². The normalized spacial score (nSPS) is 11.1. The number of nitrogens with one attached hydrogen (secondary N) is 1. The summed E-state index contributed by atoms with van der Waals surface area (Å²) in [6.07, 6.45) is 1.48. The minimum atomic E-state index is -0.994. The number of fused-ring (bicyclic) bond motifs is 1. The Hall–Kier alpha value is -3.18. The highest BCUT2D eigenvalue weighted by Gasteiger charge is 2.14. The molecule has 0 saturated carbocycles. The van der Waals surface area contributed by atoms with Crippen LogP contribution < -0.4 is 10.2 Å². The summed E-state index contributed by atoms with van der Waals surface area (Å²) >= 11 is 5.58. The maximum Gasteiger partial charge on any atom is 0.335 e. The number of carboxylic acid groups (broad SMARTS) is 1. The Morgan fingerprint density at radius 1 is 1.12 bits per heavy atom. The predicted molar refractivity (Wildman–Crippen MR) is 136 cm³/mol. The molecule has 0 saturated heterocycles. The summed E-state index contributed by atoms with van der Waals surface area (Å²) in [5.74, 6) is -0.773. The Morgan fingerprint density at radius 3 is 2.76 bits per heavy atom. The number of nitrogens with zero attached hydrogens (tertiary/aromatic N) is 1. The van der Waals surface area contributed by atoms with Crippen LogP contribution in [0.5, 0.6) is 5.75 Å². The molecule has 9 heteroatoms. The van der Waals surface area contributed by atoms with Crippen molar-refractivity contribution in [2.24, 2.45) is 5.10 Å². The Labute approximate surface area is 210 Å². The van der Waals surface area contributed by atoms with Gasteiger partial charge in [0.2, 0.25) is 0 Å². The summed E-state index contributed by atoms with van der Waals surface area (Å²) in [6, 6.07) is 19.2. The molecule has 7 nitrogen and oxygen atoms in total. The third kappa shape index (κ3) is 5.60. The third-order valence-electron chi connectivity index (χ3n) is 4.62. The molecule has 4 aromatic rings. The average molecular weight is 619 g/mol. The minimum absolute atomic E-state index is 0.154. The number of benzene rings is 3. The van der Waals surface area contributed by atoms with Gasteiger partial charge in [0.05, 0.1) is 15.3 Å². The van der Waals surface area contributed by atoms with Crippen LogP contribution in [0.1, 0.15) is 32.0 Å². The van der Waals surface area contributed by atoms with E-state index in [0.29, 0.717) is 16.9 Å². The van der Waals surface area contributed by atoms with Crippen molar-refractivity contribution in [2.45, 2.75) is 6.61 Å². The molecule has 0 aliphatic heterocycles. The standard InChI is InChI=1S/C24H16BrIN2O5/c25-18-9-17-10-21(33-22(17)19(26)11-18)23(29)28-27-12-16-5-1-2-7-20(16)32-13-14-4-3-6-15(8-14)24(30)31/h1-12H,13H2,(H,28,29)(H,30,31)/b27-12-. The molecule has 2 N–H and O–H groups in total. The molecule has 0 unspecified atom stereocenters. The molecule has 0 aliphatic carbocycles. The molecule has 0 radical (unpaired) electrons. The van der Waals surface area contributed by atoms with Crippen molar-refractivity contribution in [1.29, 1.82) is 0 Å². The lowest BCUT2D eigenvalue weighted by atomic mass is 10.1. The SMILES string of the molecule is O=C(O)c1cccc(COc2ccccc2/C=N\NC(=O)c2cc3cc(Br)cc(I)c3o2)c1. The molecule has 0 atom stereocenters. The number of carboxylic acids is 1. The molecule has 1 amide bonds. The van der Waals surface area contributed by atoms with Crippen LogP contribution in [0.15, 0.2) is 80.7 Å². The van der Waals surface area contributed by atoms with Crippen molar-refractivity contribution in [3.8, 4) is 5.75 Å². The molecule has 1 heterocycles. The first-order chi connectivity index (χ1) is 15.9. The number of furan rings is 1. The van der Waals surface area contributed by atoms with Crippen molar-refractivity contribution in [2.75, 3.05) is 0 Å². The van der Waals surface area contributed by atoms with Crippen LogP contribution in [0, 0.1) is 3.57 Å². The number of carbonyl (C=O) groups is 2. The van der Waals surface area contributed by atoms with Crippen LogP contribution in [0.4, 0.5) is 0 Å². The van der Waals surface area contributed by atoms with Gasteiger partial charge in [0.15, 0.2) is 5.76 Å². The van der Waals surface area contributed by atoms with E-state index in [-0.39, 0.29) is 17.9 Å². The lowest BCUT2D eigenvalue weighted by molar-refractivity contribution is 0.0696. The van der Waals surface area contributed by atoms with Crippen molar-refractivity contribution in [1.82, 2.24) is 5.43 Å². The zero-order chi connectivity index (χ0) is 23.4. The van der Waals surface area contributed by atoms with Crippen molar-refractivity contribution in [3.05, 3.63) is 97.2 Å². The van der Waals surface area contributed by atoms with Crippen LogP contribution >= 0.6 is 38.5 Å². The molecular weight excluding hydrogens is 603 g/mol. The largest absolute Gasteiger partial charge is 0.488 e. The summed E-state index contributed by atoms with van der Waals surface area (Å²) in [6.45, 7) is 0.186. The monoisotopic (exact) mass is 618 g/mol. The fourth-order valence-corrected chi connectivity index (χ4v) is 4.74. The van der Waals surface area contributed by atoms with Crippen LogP contribution in [0.25, 0.3) is 11.0 Å². The number of para-hydroxylation sites is 1. The van der Waals surface area contributed by atoms with Gasteiger partial charge in [0.25, 0.3) is 0 Å². The van der Waals surface area contributed by atoms with E-state index in [1.165, 1.54) is 12.3 Å². The zero-order valence-electron chi connectivity index (χ0n) is 16.9. The number of hydrogen-bond acceptors (Lipinski definition) is 5. The van der Waals surface area contributed by atoms with Crippen LogP contribution in [0.3, 0.4) is 0 Å². The van der Waals surface area contributed by atoms with Gasteiger partial charge in [0.1, 0.15) is 17.9 Å². The fourth-order valence-electron chi connectivity index (χ4n) is 3.08. The van der Waals surface area contributed by atoms with Gasteiger partial charge in [0, 0.05) is 15.4 Å². The summed E-state index contributed by atoms with van der Waals surface area (Å²) < 4.78 is 13.3. The molecule has 1 aromatic heterocycles. The maximum absolute atomic E-state index is 12.5. The van der Waals surface area contributed by atoms with Gasteiger partial charge in [-0.15, -0.1) is 0 Å². The number of hydrazone groups is 1. The first-order valence-electron chi connectivity index (χ1n) is 9.67. The van der Waals surface area contributed by atoms with Gasteiger partial charge in [-0.05, 0) is 70.6 Å². The highest BCUT2D eigenvalue weighted by molar-refractivity contribution is 14.1. The molecule has 166 valence electrons. The van der Waals surface area contributed by atoms with Gasteiger partial charge in [-0.25, -0.2) is 10.2 Å². The van der Waals surface area contributed by atoms with E-state index in [1.54, 1.807) is 36.4 Å². The molecule has 3 aromatic carbocycles. The minimum Gasteiger partial charge on any atom is -0.488 e. The topological polar surface area (TPSA) is 101 Å². The third-order valence-corrected chi connectivity index (χ3v) is 5.88. The predicted octanol–water partition coefficient (Wildman–Crippen LogP) is 5.84. The van der Waals surface area contributed by atoms with E-state index in [9.17, 15) is 9.59 Å². The van der Waals surface area contributed by atoms with Crippen LogP contribution in [0.2, 0.25) is 0 Å². The molecular formula is C24H16BrIN2O5. The first kappa shape index (κ1) is 23.0. The van der Waals surface area contributed by atoms with Gasteiger partial charge in [-0.2, -0.15) is 5.10 Å². The highest BCUT2D eigenvalue weighted by Crippen LogP contribution is 2.28. The smallest absolute Gasteiger partial charge is 0.335 e. The van der Waals surface area contributed by atoms with Gasteiger partial charge in [-0.3, -0.25) is 4.79 Å². The molecule has 33 heavy (non-hydrogen) atoms. The Kier molecular flexibility index (Phi) is 7.09. The van der Waals surface area contributed by atoms with E-state index in [1.807, 2.05) is 24.3 Å². The number of aromatic carboxylic acids is 1. The van der Waals surface area contributed by atoms with Gasteiger partial charge >= 0.3 is 11.9 Å². The summed E-state index contributed by atoms with van der Waals surface area (Å²) in [5.41, 5.74) is 4.67. The van der Waals surface area contributed by atoms with Gasteiger partial charge < -0.3 is 14.3 Å². The summed E-state index contributed by atoms with van der Waals surface area (Å²) in [7, 11) is 0. The van der Waals surface area contributed by atoms with Gasteiger partial charge in [-0.1, -0.05) is 40.2 Å². The second kappa shape index (κ2) is 10.2. The first-order valence-corrected chi connectivity index (χ1v) is 11.5. The van der Waals surface area contributed by atoms with Crippen molar-refractivity contribution in [3.63, 3.8) is 0 Å². The second-order valence-corrected chi connectivity index (χ2v) is 9.03. The van der Waals surface area contributed by atoms with E-state index in [0.717, 1.165) is 19.0 Å². The lowest BCUT2D eigenvalue weighted by Crippen LogP contribution is -2.16. The van der Waals surface area contributed by atoms with E-state index >= 15 is 0 Å². The number of ether oxygens (including phenoxy) is 1. The Balaban J connectivity index is 1.44. The number of carbonyl (C=O) groups excluding carboxylic acids is 1.